The lowest BCUT2D eigenvalue weighted by Crippen LogP contribution is -2.19. The van der Waals surface area contributed by atoms with Crippen molar-refractivity contribution in [3.05, 3.63) is 0 Å². The molecule has 2 N–H and O–H groups in total. The molecule has 1 aliphatic carbocycles. The van der Waals surface area contributed by atoms with Crippen LogP contribution in [0.1, 0.15) is 77.6 Å². The first-order valence-corrected chi connectivity index (χ1v) is 9.96. The van der Waals surface area contributed by atoms with Gasteiger partial charge in [0.2, 0.25) is 0 Å². The Morgan fingerprint density at radius 1 is 1.23 bits per heavy atom. The van der Waals surface area contributed by atoms with Gasteiger partial charge in [0.05, 0.1) is 19.1 Å². The Kier molecular flexibility index (Phi) is 11.2. The van der Waals surface area contributed by atoms with E-state index in [4.69, 9.17) is 0 Å². The summed E-state index contributed by atoms with van der Waals surface area (Å²) in [5.41, 5.74) is 0. The van der Waals surface area contributed by atoms with Crippen LogP contribution in [-0.2, 0) is 14.3 Å². The first kappa shape index (κ1) is 22.7. The fourth-order valence-electron chi connectivity index (χ4n) is 3.43. The topological polar surface area (TPSA) is 83.8 Å². The molecule has 0 aromatic rings. The number of Topliss-reactive ketones (excluding diaryl/α,β-unsaturated/α-hetero) is 1. The van der Waals surface area contributed by atoms with Crippen LogP contribution in [-0.4, -0.2) is 41.3 Å². The molecule has 0 heterocycles. The lowest BCUT2D eigenvalue weighted by atomic mass is 9.89. The molecule has 0 aliphatic heterocycles. The first-order valence-electron chi connectivity index (χ1n) is 9.96. The third-order valence-corrected chi connectivity index (χ3v) is 5.04. The number of unbranched alkanes of at least 4 members (excludes halogenated alkanes) is 5. The van der Waals surface area contributed by atoms with E-state index < -0.39 is 12.2 Å². The van der Waals surface area contributed by atoms with Gasteiger partial charge >= 0.3 is 5.97 Å². The SMILES string of the molecule is CCCCC[C@H](O)C#C[C@@H]1[C@H](O)CC(=O)[C@@H]1CCCCCCC(=O)OC. The lowest BCUT2D eigenvalue weighted by Gasteiger charge is -2.15. The molecule has 5 heteroatoms. The van der Waals surface area contributed by atoms with E-state index in [1.54, 1.807) is 0 Å². The summed E-state index contributed by atoms with van der Waals surface area (Å²) in [6.07, 6.45) is 7.18. The number of ether oxygens (including phenoxy) is 1. The number of ketones is 1. The van der Waals surface area contributed by atoms with Crippen LogP contribution < -0.4 is 0 Å². The minimum atomic E-state index is -0.720. The highest BCUT2D eigenvalue weighted by atomic mass is 16.5. The third kappa shape index (κ3) is 8.33. The normalized spacial score (nSPS) is 23.4. The average molecular weight is 366 g/mol. The molecular formula is C21H34O5. The summed E-state index contributed by atoms with van der Waals surface area (Å²) in [7, 11) is 1.39. The quantitative estimate of drug-likeness (QED) is 0.334. The molecule has 0 spiro atoms. The number of methoxy groups -OCH3 is 1. The van der Waals surface area contributed by atoms with Crippen molar-refractivity contribution in [2.75, 3.05) is 7.11 Å². The third-order valence-electron chi connectivity index (χ3n) is 5.04. The van der Waals surface area contributed by atoms with Crippen LogP contribution in [0.5, 0.6) is 0 Å². The van der Waals surface area contributed by atoms with Crippen LogP contribution in [0, 0.1) is 23.7 Å². The second kappa shape index (κ2) is 12.9. The number of esters is 1. The molecule has 0 saturated heterocycles. The first-order chi connectivity index (χ1) is 12.5. The van der Waals surface area contributed by atoms with Crippen molar-refractivity contribution in [2.24, 2.45) is 11.8 Å². The van der Waals surface area contributed by atoms with Crippen LogP contribution in [0.15, 0.2) is 0 Å². The molecule has 0 aromatic heterocycles. The molecule has 0 unspecified atom stereocenters. The Hall–Kier alpha value is -1.38. The van der Waals surface area contributed by atoms with Gasteiger partial charge in [0.25, 0.3) is 0 Å². The van der Waals surface area contributed by atoms with Crippen molar-refractivity contribution in [2.45, 2.75) is 89.8 Å². The summed E-state index contributed by atoms with van der Waals surface area (Å²) >= 11 is 0. The predicted molar refractivity (Wildman–Crippen MR) is 100 cm³/mol. The highest BCUT2D eigenvalue weighted by Crippen LogP contribution is 2.33. The average Bonchev–Trinajstić information content (AvgIpc) is 2.89. The van der Waals surface area contributed by atoms with Gasteiger partial charge in [-0.25, -0.2) is 0 Å². The maximum atomic E-state index is 12.1. The van der Waals surface area contributed by atoms with Crippen molar-refractivity contribution >= 4 is 11.8 Å². The van der Waals surface area contributed by atoms with Crippen LogP contribution in [0.4, 0.5) is 0 Å². The molecule has 1 fully saturated rings. The van der Waals surface area contributed by atoms with Crippen molar-refractivity contribution < 1.29 is 24.5 Å². The Morgan fingerprint density at radius 2 is 1.96 bits per heavy atom. The Morgan fingerprint density at radius 3 is 2.65 bits per heavy atom. The lowest BCUT2D eigenvalue weighted by molar-refractivity contribution is -0.140. The van der Waals surface area contributed by atoms with E-state index >= 15 is 0 Å². The number of hydrogen-bond donors (Lipinski definition) is 2. The van der Waals surface area contributed by atoms with Gasteiger partial charge in [0.15, 0.2) is 0 Å². The molecule has 1 aliphatic rings. The van der Waals surface area contributed by atoms with E-state index in [1.807, 2.05) is 0 Å². The van der Waals surface area contributed by atoms with Gasteiger partial charge in [-0.05, 0) is 25.7 Å². The monoisotopic (exact) mass is 366 g/mol. The van der Waals surface area contributed by atoms with E-state index in [-0.39, 0.29) is 30.0 Å². The van der Waals surface area contributed by atoms with Crippen LogP contribution in [0.2, 0.25) is 0 Å². The summed E-state index contributed by atoms with van der Waals surface area (Å²) in [6, 6.07) is 0. The van der Waals surface area contributed by atoms with Gasteiger partial charge in [-0.2, -0.15) is 0 Å². The minimum absolute atomic E-state index is 0.0758. The number of rotatable bonds is 11. The highest BCUT2D eigenvalue weighted by molar-refractivity contribution is 5.84. The summed E-state index contributed by atoms with van der Waals surface area (Å²) < 4.78 is 4.61. The van der Waals surface area contributed by atoms with Crippen molar-refractivity contribution in [1.82, 2.24) is 0 Å². The number of aliphatic hydroxyl groups excluding tert-OH is 2. The van der Waals surface area contributed by atoms with Crippen LogP contribution >= 0.6 is 0 Å². The summed E-state index contributed by atoms with van der Waals surface area (Å²) in [5, 5.41) is 20.1. The standard InChI is InChI=1S/C21H34O5/c1-3-4-7-10-16(22)13-14-18-17(19(23)15-20(18)24)11-8-5-6-9-12-21(25)26-2/h16-18,20,22,24H,3-12,15H2,1-2H3/t16-,17+,18-,20+/m0/s1. The van der Waals surface area contributed by atoms with E-state index in [0.29, 0.717) is 19.3 Å². The maximum absolute atomic E-state index is 12.1. The predicted octanol–water partition coefficient (Wildman–Crippen LogP) is 3.01. The summed E-state index contributed by atoms with van der Waals surface area (Å²) in [6.45, 7) is 2.11. The Balaban J connectivity index is 2.40. The van der Waals surface area contributed by atoms with E-state index in [0.717, 1.165) is 44.9 Å². The second-order valence-electron chi connectivity index (χ2n) is 7.20. The molecule has 0 amide bonds. The van der Waals surface area contributed by atoms with Gasteiger partial charge in [-0.15, -0.1) is 0 Å². The smallest absolute Gasteiger partial charge is 0.305 e. The number of carbonyl (C=O) groups is 2. The molecular weight excluding hydrogens is 332 g/mol. The van der Waals surface area contributed by atoms with E-state index in [1.165, 1.54) is 7.11 Å². The molecule has 4 atom stereocenters. The number of hydrogen-bond acceptors (Lipinski definition) is 5. The van der Waals surface area contributed by atoms with Crippen molar-refractivity contribution in [1.29, 1.82) is 0 Å². The zero-order valence-corrected chi connectivity index (χ0v) is 16.2. The van der Waals surface area contributed by atoms with Crippen molar-refractivity contribution in [3.63, 3.8) is 0 Å². The number of aliphatic hydroxyl groups is 2. The highest BCUT2D eigenvalue weighted by Gasteiger charge is 2.40. The van der Waals surface area contributed by atoms with Gasteiger partial charge in [0, 0.05) is 18.8 Å². The Labute approximate surface area is 157 Å². The zero-order chi connectivity index (χ0) is 19.4. The molecule has 26 heavy (non-hydrogen) atoms. The zero-order valence-electron chi connectivity index (χ0n) is 16.2. The van der Waals surface area contributed by atoms with Gasteiger partial charge in [-0.1, -0.05) is 50.9 Å². The van der Waals surface area contributed by atoms with Crippen LogP contribution in [0.25, 0.3) is 0 Å². The fourth-order valence-corrected chi connectivity index (χ4v) is 3.43. The van der Waals surface area contributed by atoms with Crippen molar-refractivity contribution in [3.8, 4) is 11.8 Å². The molecule has 148 valence electrons. The van der Waals surface area contributed by atoms with Gasteiger partial charge in [-0.3, -0.25) is 9.59 Å². The number of carbonyl (C=O) groups excluding carboxylic acids is 2. The second-order valence-corrected chi connectivity index (χ2v) is 7.20. The molecule has 1 saturated carbocycles. The van der Waals surface area contributed by atoms with Gasteiger partial charge in [0.1, 0.15) is 11.9 Å². The molecule has 1 rings (SSSR count). The molecule has 0 aromatic carbocycles. The van der Waals surface area contributed by atoms with Gasteiger partial charge < -0.3 is 14.9 Å². The largest absolute Gasteiger partial charge is 0.469 e. The summed E-state index contributed by atoms with van der Waals surface area (Å²) in [5.74, 6) is 5.11. The summed E-state index contributed by atoms with van der Waals surface area (Å²) in [4.78, 5) is 23.2. The minimum Gasteiger partial charge on any atom is -0.469 e. The molecule has 5 nitrogen and oxygen atoms in total. The van der Waals surface area contributed by atoms with Crippen LogP contribution in [0.3, 0.4) is 0 Å². The Bertz CT molecular complexity index is 490. The van der Waals surface area contributed by atoms with E-state index in [9.17, 15) is 19.8 Å². The fraction of sp³-hybridized carbons (Fsp3) is 0.810. The molecule has 0 bridgehead atoms. The molecule has 0 radical (unpaired) electrons. The van der Waals surface area contributed by atoms with E-state index in [2.05, 4.69) is 23.5 Å². The maximum Gasteiger partial charge on any atom is 0.305 e.